The monoisotopic (exact) mass is 266 g/mol. The molecule has 0 amide bonds. The molecule has 0 N–H and O–H groups in total. The molecule has 2 nitrogen and oxygen atoms in total. The Balaban J connectivity index is 1.90. The second kappa shape index (κ2) is 9.77. The molecule has 0 unspecified atom stereocenters. The zero-order valence-corrected chi connectivity index (χ0v) is 12.9. The predicted octanol–water partition coefficient (Wildman–Crippen LogP) is 3.91. The van der Waals surface area contributed by atoms with E-state index in [1.165, 1.54) is 110 Å². The molecule has 2 heterocycles. The van der Waals surface area contributed by atoms with E-state index in [4.69, 9.17) is 0 Å². The zero-order valence-electron chi connectivity index (χ0n) is 12.9. The van der Waals surface area contributed by atoms with Gasteiger partial charge in [0.15, 0.2) is 0 Å². The highest BCUT2D eigenvalue weighted by Gasteiger charge is 2.09. The molecule has 112 valence electrons. The molecule has 2 rings (SSSR count). The minimum absolute atomic E-state index is 1.36. The highest BCUT2D eigenvalue weighted by molar-refractivity contribution is 4.65. The van der Waals surface area contributed by atoms with Crippen LogP contribution in [0.2, 0.25) is 0 Å². The van der Waals surface area contributed by atoms with Crippen LogP contribution in [0.4, 0.5) is 0 Å². The van der Waals surface area contributed by atoms with Crippen molar-refractivity contribution in [2.45, 2.75) is 70.6 Å². The van der Waals surface area contributed by atoms with E-state index in [2.05, 4.69) is 9.80 Å². The second-order valence-electron chi connectivity index (χ2n) is 6.57. The van der Waals surface area contributed by atoms with Crippen LogP contribution in [-0.4, -0.2) is 49.1 Å². The third kappa shape index (κ3) is 6.76. The topological polar surface area (TPSA) is 6.48 Å². The summed E-state index contributed by atoms with van der Waals surface area (Å²) in [5.74, 6) is 0. The highest BCUT2D eigenvalue weighted by atomic mass is 15.1. The van der Waals surface area contributed by atoms with Gasteiger partial charge in [0.2, 0.25) is 0 Å². The van der Waals surface area contributed by atoms with Crippen molar-refractivity contribution in [1.82, 2.24) is 9.80 Å². The summed E-state index contributed by atoms with van der Waals surface area (Å²) in [7, 11) is 0. The van der Waals surface area contributed by atoms with Crippen LogP contribution >= 0.6 is 0 Å². The second-order valence-corrected chi connectivity index (χ2v) is 6.57. The smallest absolute Gasteiger partial charge is 0.00187 e. The molecule has 0 atom stereocenters. The number of nitrogens with zero attached hydrogens (tertiary/aromatic N) is 2. The Bertz CT molecular complexity index is 179. The van der Waals surface area contributed by atoms with Gasteiger partial charge in [0, 0.05) is 0 Å². The van der Waals surface area contributed by atoms with Crippen molar-refractivity contribution in [2.75, 3.05) is 39.3 Å². The van der Waals surface area contributed by atoms with Gasteiger partial charge in [-0.25, -0.2) is 0 Å². The maximum absolute atomic E-state index is 2.76. The van der Waals surface area contributed by atoms with Crippen molar-refractivity contribution in [1.29, 1.82) is 0 Å². The molecule has 19 heavy (non-hydrogen) atoms. The van der Waals surface area contributed by atoms with Crippen LogP contribution in [0.25, 0.3) is 0 Å². The minimum Gasteiger partial charge on any atom is -0.303 e. The quantitative estimate of drug-likeness (QED) is 0.656. The highest BCUT2D eigenvalue weighted by Crippen LogP contribution is 2.12. The van der Waals surface area contributed by atoms with Crippen LogP contribution < -0.4 is 0 Å². The standard InChI is InChI=1S/C17H34N2/c1-2-7-13-19-15-9-4-3-8-14-18(12-6-1)16-10-5-11-17-19/h1-17H2. The first-order valence-corrected chi connectivity index (χ1v) is 8.90. The first-order valence-electron chi connectivity index (χ1n) is 8.90. The summed E-state index contributed by atoms with van der Waals surface area (Å²) in [6.07, 6.45) is 15.8. The van der Waals surface area contributed by atoms with E-state index in [-0.39, 0.29) is 0 Å². The van der Waals surface area contributed by atoms with Gasteiger partial charge < -0.3 is 9.80 Å². The summed E-state index contributed by atoms with van der Waals surface area (Å²) in [5, 5.41) is 0. The van der Waals surface area contributed by atoms with Gasteiger partial charge in [0.1, 0.15) is 0 Å². The number of rotatable bonds is 0. The van der Waals surface area contributed by atoms with Gasteiger partial charge in [0.25, 0.3) is 0 Å². The van der Waals surface area contributed by atoms with Gasteiger partial charge in [0.05, 0.1) is 0 Å². The van der Waals surface area contributed by atoms with Crippen molar-refractivity contribution in [3.05, 3.63) is 0 Å². The molecule has 0 saturated carbocycles. The fourth-order valence-electron chi connectivity index (χ4n) is 3.57. The SMILES string of the molecule is C1CCCN2CCCCCCN(CC1)CCCCC2. The Kier molecular flexibility index (Phi) is 7.87. The first-order chi connectivity index (χ1) is 9.45. The molecule has 0 aliphatic carbocycles. The lowest BCUT2D eigenvalue weighted by atomic mass is 10.1. The molecular weight excluding hydrogens is 232 g/mol. The molecule has 0 aromatic rings. The summed E-state index contributed by atoms with van der Waals surface area (Å²) in [4.78, 5) is 5.51. The molecule has 0 aromatic carbocycles. The van der Waals surface area contributed by atoms with Crippen molar-refractivity contribution in [2.24, 2.45) is 0 Å². The Labute approximate surface area is 120 Å². The van der Waals surface area contributed by atoms with Gasteiger partial charge in [-0.15, -0.1) is 0 Å². The lowest BCUT2D eigenvalue weighted by Crippen LogP contribution is -2.27. The molecule has 2 aliphatic heterocycles. The fraction of sp³-hybridized carbons (Fsp3) is 1.00. The van der Waals surface area contributed by atoms with Crippen LogP contribution in [-0.2, 0) is 0 Å². The Morgan fingerprint density at radius 3 is 0.737 bits per heavy atom. The maximum Gasteiger partial charge on any atom is -0.00187 e. The van der Waals surface area contributed by atoms with E-state index >= 15 is 0 Å². The number of hydrogen-bond acceptors (Lipinski definition) is 2. The van der Waals surface area contributed by atoms with E-state index in [0.29, 0.717) is 0 Å². The Morgan fingerprint density at radius 2 is 0.474 bits per heavy atom. The third-order valence-corrected chi connectivity index (χ3v) is 4.85. The van der Waals surface area contributed by atoms with E-state index in [0.717, 1.165) is 0 Å². The molecule has 2 bridgehead atoms. The lowest BCUT2D eigenvalue weighted by molar-refractivity contribution is 0.252. The van der Waals surface area contributed by atoms with Gasteiger partial charge in [-0.3, -0.25) is 0 Å². The molecule has 0 spiro atoms. The Hall–Kier alpha value is -0.0800. The van der Waals surface area contributed by atoms with Crippen LogP contribution in [0.1, 0.15) is 70.6 Å². The van der Waals surface area contributed by atoms with Crippen LogP contribution in [0.15, 0.2) is 0 Å². The molecule has 2 saturated heterocycles. The van der Waals surface area contributed by atoms with E-state index in [1.807, 2.05) is 0 Å². The Morgan fingerprint density at radius 1 is 0.263 bits per heavy atom. The summed E-state index contributed by atoms with van der Waals surface area (Å²) in [6.45, 7) is 8.18. The van der Waals surface area contributed by atoms with E-state index in [1.54, 1.807) is 0 Å². The van der Waals surface area contributed by atoms with E-state index in [9.17, 15) is 0 Å². The van der Waals surface area contributed by atoms with Crippen molar-refractivity contribution < 1.29 is 0 Å². The molecule has 2 heteroatoms. The van der Waals surface area contributed by atoms with Gasteiger partial charge in [-0.05, 0) is 77.8 Å². The lowest BCUT2D eigenvalue weighted by Gasteiger charge is -2.22. The van der Waals surface area contributed by atoms with E-state index < -0.39 is 0 Å². The summed E-state index contributed by atoms with van der Waals surface area (Å²) in [5.41, 5.74) is 0. The first kappa shape index (κ1) is 15.3. The normalized spacial score (nSPS) is 32.8. The molecule has 0 radical (unpaired) electrons. The molecular formula is C17H34N2. The minimum atomic E-state index is 1.36. The third-order valence-electron chi connectivity index (χ3n) is 4.85. The largest absolute Gasteiger partial charge is 0.303 e. The molecule has 0 aromatic heterocycles. The average molecular weight is 266 g/mol. The van der Waals surface area contributed by atoms with Crippen LogP contribution in [0, 0.1) is 0 Å². The average Bonchev–Trinajstić information content (AvgIpc) is 2.46. The zero-order chi connectivity index (χ0) is 13.2. The maximum atomic E-state index is 2.76. The molecule has 2 aliphatic rings. The van der Waals surface area contributed by atoms with Crippen molar-refractivity contribution in [3.8, 4) is 0 Å². The fourth-order valence-corrected chi connectivity index (χ4v) is 3.57. The summed E-state index contributed by atoms with van der Waals surface area (Å²) in [6, 6.07) is 0. The number of hydrogen-bond donors (Lipinski definition) is 0. The summed E-state index contributed by atoms with van der Waals surface area (Å²) < 4.78 is 0. The molecule has 2 fully saturated rings. The van der Waals surface area contributed by atoms with Gasteiger partial charge in [-0.2, -0.15) is 0 Å². The van der Waals surface area contributed by atoms with Crippen LogP contribution in [0.3, 0.4) is 0 Å². The summed E-state index contributed by atoms with van der Waals surface area (Å²) >= 11 is 0. The van der Waals surface area contributed by atoms with Crippen molar-refractivity contribution >= 4 is 0 Å². The number of fused-ring (bicyclic) bond motifs is 6. The van der Waals surface area contributed by atoms with Crippen molar-refractivity contribution in [3.63, 3.8) is 0 Å². The van der Waals surface area contributed by atoms with Gasteiger partial charge in [-0.1, -0.05) is 32.1 Å². The van der Waals surface area contributed by atoms with Crippen LogP contribution in [0.5, 0.6) is 0 Å². The predicted molar refractivity (Wildman–Crippen MR) is 83.7 cm³/mol. The van der Waals surface area contributed by atoms with Gasteiger partial charge >= 0.3 is 0 Å².